The second-order valence-electron chi connectivity index (χ2n) is 4.35. The summed E-state index contributed by atoms with van der Waals surface area (Å²) in [7, 11) is 0. The Balaban J connectivity index is 1.62. The molecule has 0 saturated carbocycles. The Morgan fingerprint density at radius 1 is 1.09 bits per heavy atom. The van der Waals surface area contributed by atoms with Gasteiger partial charge < -0.3 is 5.32 Å². The van der Waals surface area contributed by atoms with Gasteiger partial charge in [0.05, 0.1) is 0 Å². The first-order chi connectivity index (χ1) is 11.1. The smallest absolute Gasteiger partial charge is 0.333 e. The third-order valence-corrected chi connectivity index (χ3v) is 3.92. The number of pyridine rings is 1. The van der Waals surface area contributed by atoms with E-state index in [1.54, 1.807) is 30.0 Å². The van der Waals surface area contributed by atoms with Gasteiger partial charge >= 0.3 is 6.03 Å². The number of carbonyl (C=O) groups excluding carboxylic acids is 2. The van der Waals surface area contributed by atoms with Gasteiger partial charge in [0.1, 0.15) is 5.69 Å². The van der Waals surface area contributed by atoms with Crippen LogP contribution >= 0.6 is 23.4 Å². The molecule has 0 aliphatic heterocycles. The molecule has 6 nitrogen and oxygen atoms in total. The van der Waals surface area contributed by atoms with Crippen molar-refractivity contribution in [2.24, 2.45) is 0 Å². The zero-order valence-electron chi connectivity index (χ0n) is 12.1. The number of halogens is 1. The molecule has 3 amide bonds. The molecular formula is C15H15ClN4O2S. The van der Waals surface area contributed by atoms with Crippen LogP contribution in [0.5, 0.6) is 0 Å². The molecule has 0 spiro atoms. The minimum Gasteiger partial charge on any atom is -0.336 e. The van der Waals surface area contributed by atoms with Crippen LogP contribution in [0.4, 0.5) is 4.79 Å². The van der Waals surface area contributed by atoms with Crippen LogP contribution in [0.3, 0.4) is 0 Å². The number of thioether (sulfide) groups is 1. The van der Waals surface area contributed by atoms with Crippen molar-refractivity contribution >= 4 is 35.3 Å². The number of hydrogen-bond donors (Lipinski definition) is 3. The van der Waals surface area contributed by atoms with Crippen LogP contribution < -0.4 is 16.2 Å². The maximum Gasteiger partial charge on any atom is 0.333 e. The maximum atomic E-state index is 11.7. The van der Waals surface area contributed by atoms with Crippen LogP contribution in [0, 0.1) is 0 Å². The summed E-state index contributed by atoms with van der Waals surface area (Å²) >= 11 is 7.40. The van der Waals surface area contributed by atoms with Crippen molar-refractivity contribution in [3.63, 3.8) is 0 Å². The Labute approximate surface area is 143 Å². The molecule has 23 heavy (non-hydrogen) atoms. The van der Waals surface area contributed by atoms with Crippen molar-refractivity contribution in [3.05, 3.63) is 59.4 Å². The van der Waals surface area contributed by atoms with Crippen LogP contribution in [-0.2, 0) is 0 Å². The molecule has 0 aliphatic carbocycles. The molecule has 1 aromatic carbocycles. The Morgan fingerprint density at radius 3 is 2.57 bits per heavy atom. The highest BCUT2D eigenvalue weighted by molar-refractivity contribution is 7.99. The van der Waals surface area contributed by atoms with E-state index < -0.39 is 11.9 Å². The number of benzene rings is 1. The van der Waals surface area contributed by atoms with Gasteiger partial charge in [-0.1, -0.05) is 17.7 Å². The summed E-state index contributed by atoms with van der Waals surface area (Å²) in [4.78, 5) is 28.2. The zero-order valence-corrected chi connectivity index (χ0v) is 13.7. The van der Waals surface area contributed by atoms with Gasteiger partial charge in [-0.05, 0) is 36.4 Å². The fourth-order valence-corrected chi connectivity index (χ4v) is 2.48. The quantitative estimate of drug-likeness (QED) is 0.439. The lowest BCUT2D eigenvalue weighted by Crippen LogP contribution is -2.47. The number of nitrogens with zero attached hydrogens (tertiary/aromatic N) is 1. The number of carbonyl (C=O) groups is 2. The summed E-state index contributed by atoms with van der Waals surface area (Å²) < 4.78 is 0. The lowest BCUT2D eigenvalue weighted by Gasteiger charge is -2.08. The molecule has 120 valence electrons. The average Bonchev–Trinajstić information content (AvgIpc) is 2.59. The molecule has 0 atom stereocenters. The number of rotatable bonds is 5. The Morgan fingerprint density at radius 2 is 1.87 bits per heavy atom. The largest absolute Gasteiger partial charge is 0.336 e. The third kappa shape index (κ3) is 6.17. The molecule has 0 aliphatic rings. The molecule has 2 rings (SSSR count). The van der Waals surface area contributed by atoms with Gasteiger partial charge in [0.25, 0.3) is 5.91 Å². The van der Waals surface area contributed by atoms with Crippen LogP contribution in [0.15, 0.2) is 53.6 Å². The summed E-state index contributed by atoms with van der Waals surface area (Å²) in [6, 6.07) is 11.9. The van der Waals surface area contributed by atoms with Crippen LogP contribution in [-0.4, -0.2) is 29.2 Å². The van der Waals surface area contributed by atoms with E-state index in [0.717, 1.165) is 4.90 Å². The summed E-state index contributed by atoms with van der Waals surface area (Å²) in [6.45, 7) is 0.457. The number of hydrazine groups is 1. The molecular weight excluding hydrogens is 336 g/mol. The summed E-state index contributed by atoms with van der Waals surface area (Å²) in [5.74, 6) is 0.222. The van der Waals surface area contributed by atoms with Gasteiger partial charge in [-0.25, -0.2) is 10.2 Å². The lowest BCUT2D eigenvalue weighted by molar-refractivity contribution is 0.0931. The van der Waals surface area contributed by atoms with E-state index in [-0.39, 0.29) is 5.69 Å². The monoisotopic (exact) mass is 350 g/mol. The Bertz CT molecular complexity index is 652. The highest BCUT2D eigenvalue weighted by Gasteiger charge is 2.07. The molecule has 1 heterocycles. The van der Waals surface area contributed by atoms with Gasteiger partial charge in [0.2, 0.25) is 0 Å². The molecule has 0 fully saturated rings. The highest BCUT2D eigenvalue weighted by atomic mass is 35.5. The van der Waals surface area contributed by atoms with Crippen molar-refractivity contribution < 1.29 is 9.59 Å². The number of urea groups is 1. The van der Waals surface area contributed by atoms with Gasteiger partial charge in [-0.15, -0.1) is 11.8 Å². The normalized spacial score (nSPS) is 9.96. The van der Waals surface area contributed by atoms with E-state index in [1.165, 1.54) is 6.20 Å². The second kappa shape index (κ2) is 9.02. The Kier molecular flexibility index (Phi) is 6.71. The molecule has 3 N–H and O–H groups in total. The second-order valence-corrected chi connectivity index (χ2v) is 5.96. The zero-order chi connectivity index (χ0) is 16.5. The fraction of sp³-hybridized carbons (Fsp3) is 0.133. The number of aromatic nitrogens is 1. The number of amides is 3. The van der Waals surface area contributed by atoms with Crippen molar-refractivity contribution in [2.45, 2.75) is 4.90 Å². The lowest BCUT2D eigenvalue weighted by atomic mass is 10.3. The first-order valence-corrected chi connectivity index (χ1v) is 8.15. The molecule has 0 saturated heterocycles. The van der Waals surface area contributed by atoms with Gasteiger partial charge in [0, 0.05) is 28.4 Å². The summed E-state index contributed by atoms with van der Waals surface area (Å²) in [5.41, 5.74) is 4.78. The predicted octanol–water partition coefficient (Wildman–Crippen LogP) is 2.47. The summed E-state index contributed by atoms with van der Waals surface area (Å²) in [6.07, 6.45) is 1.50. The molecule has 0 unspecified atom stereocenters. The van der Waals surface area contributed by atoms with E-state index in [2.05, 4.69) is 21.2 Å². The highest BCUT2D eigenvalue weighted by Crippen LogP contribution is 2.19. The van der Waals surface area contributed by atoms with Crippen molar-refractivity contribution in [2.75, 3.05) is 12.3 Å². The van der Waals surface area contributed by atoms with Gasteiger partial charge in [0.15, 0.2) is 0 Å². The summed E-state index contributed by atoms with van der Waals surface area (Å²) in [5, 5.41) is 3.33. The van der Waals surface area contributed by atoms with Gasteiger partial charge in [-0.3, -0.25) is 15.2 Å². The molecule has 2 aromatic rings. The van der Waals surface area contributed by atoms with Gasteiger partial charge in [-0.2, -0.15) is 0 Å². The molecule has 8 heteroatoms. The van der Waals surface area contributed by atoms with E-state index in [4.69, 9.17) is 11.6 Å². The number of hydrogen-bond acceptors (Lipinski definition) is 4. The van der Waals surface area contributed by atoms with E-state index in [9.17, 15) is 9.59 Å². The molecule has 0 radical (unpaired) electrons. The van der Waals surface area contributed by atoms with E-state index in [1.807, 2.05) is 24.3 Å². The first-order valence-electron chi connectivity index (χ1n) is 6.79. The molecule has 0 bridgehead atoms. The predicted molar refractivity (Wildman–Crippen MR) is 90.4 cm³/mol. The van der Waals surface area contributed by atoms with Crippen molar-refractivity contribution in [1.82, 2.24) is 21.2 Å². The third-order valence-electron chi connectivity index (χ3n) is 2.66. The minimum absolute atomic E-state index is 0.228. The maximum absolute atomic E-state index is 11.7. The topological polar surface area (TPSA) is 83.1 Å². The van der Waals surface area contributed by atoms with Crippen LogP contribution in [0.1, 0.15) is 10.5 Å². The fourth-order valence-electron chi connectivity index (χ4n) is 1.58. The van der Waals surface area contributed by atoms with Crippen LogP contribution in [0.2, 0.25) is 5.02 Å². The van der Waals surface area contributed by atoms with Crippen molar-refractivity contribution in [1.29, 1.82) is 0 Å². The minimum atomic E-state index is -0.481. The van der Waals surface area contributed by atoms with E-state index >= 15 is 0 Å². The SMILES string of the molecule is O=C(NCCSc1ccc(Cl)cc1)NNC(=O)c1ccccn1. The van der Waals surface area contributed by atoms with Crippen LogP contribution in [0.25, 0.3) is 0 Å². The Hall–Kier alpha value is -2.25. The van der Waals surface area contributed by atoms with E-state index in [0.29, 0.717) is 17.3 Å². The van der Waals surface area contributed by atoms with Crippen molar-refractivity contribution in [3.8, 4) is 0 Å². The standard InChI is InChI=1S/C15H15ClN4O2S/c16-11-4-6-12(7-5-11)23-10-9-18-15(22)20-19-14(21)13-3-1-2-8-17-13/h1-8H,9-10H2,(H,19,21)(H2,18,20,22). The average molecular weight is 351 g/mol. The number of nitrogens with one attached hydrogen (secondary N) is 3. The molecule has 1 aromatic heterocycles. The first kappa shape index (κ1) is 17.1.